The molecule has 106 valence electrons. The van der Waals surface area contributed by atoms with Gasteiger partial charge in [0.05, 0.1) is 5.54 Å². The summed E-state index contributed by atoms with van der Waals surface area (Å²) in [5.41, 5.74) is 1.56. The lowest BCUT2D eigenvalue weighted by atomic mass is 9.86. The lowest BCUT2D eigenvalue weighted by Crippen LogP contribution is -2.38. The molecular formula is C17H14BrNO2. The molecule has 0 saturated carbocycles. The van der Waals surface area contributed by atoms with Gasteiger partial charge in [-0.3, -0.25) is 9.59 Å². The summed E-state index contributed by atoms with van der Waals surface area (Å²) in [5.74, 6) is -0.0984. The Labute approximate surface area is 131 Å². The predicted molar refractivity (Wildman–Crippen MR) is 84.3 cm³/mol. The molecule has 0 spiro atoms. The van der Waals surface area contributed by atoms with E-state index in [9.17, 15) is 9.59 Å². The lowest BCUT2D eigenvalue weighted by molar-refractivity contribution is 0.0894. The maximum Gasteiger partial charge on any atom is 0.252 e. The maximum atomic E-state index is 12.5. The van der Waals surface area contributed by atoms with Crippen molar-refractivity contribution in [2.45, 2.75) is 18.9 Å². The van der Waals surface area contributed by atoms with E-state index in [1.54, 1.807) is 18.2 Å². The molecule has 1 N–H and O–H groups in total. The smallest absolute Gasteiger partial charge is 0.252 e. The van der Waals surface area contributed by atoms with E-state index in [1.165, 1.54) is 0 Å². The number of nitrogens with one attached hydrogen (secondary N) is 1. The van der Waals surface area contributed by atoms with Crippen molar-refractivity contribution in [1.82, 2.24) is 5.32 Å². The molecule has 1 heterocycles. The van der Waals surface area contributed by atoms with Crippen molar-refractivity contribution >= 4 is 27.6 Å². The van der Waals surface area contributed by atoms with Gasteiger partial charge >= 0.3 is 0 Å². The summed E-state index contributed by atoms with van der Waals surface area (Å²) < 4.78 is 0.935. The van der Waals surface area contributed by atoms with Gasteiger partial charge < -0.3 is 5.32 Å². The Kier molecular flexibility index (Phi) is 3.41. The van der Waals surface area contributed by atoms with Crippen LogP contribution in [0.15, 0.2) is 53.0 Å². The van der Waals surface area contributed by atoms with Gasteiger partial charge in [0.25, 0.3) is 5.91 Å². The van der Waals surface area contributed by atoms with Crippen molar-refractivity contribution in [2.24, 2.45) is 0 Å². The highest BCUT2D eigenvalue weighted by Crippen LogP contribution is 2.34. The molecular weight excluding hydrogens is 330 g/mol. The molecule has 1 atom stereocenters. The Balaban J connectivity index is 1.90. The molecule has 0 fully saturated rings. The summed E-state index contributed by atoms with van der Waals surface area (Å²) >= 11 is 3.35. The van der Waals surface area contributed by atoms with Crippen molar-refractivity contribution in [2.75, 3.05) is 0 Å². The lowest BCUT2D eigenvalue weighted by Gasteiger charge is -2.24. The van der Waals surface area contributed by atoms with Crippen LogP contribution in [0.5, 0.6) is 0 Å². The number of fused-ring (bicyclic) bond motifs is 1. The number of carbonyl (C=O) groups is 2. The zero-order valence-corrected chi connectivity index (χ0v) is 13.1. The first-order chi connectivity index (χ1) is 9.99. The first kappa shape index (κ1) is 14.0. The van der Waals surface area contributed by atoms with E-state index in [0.717, 1.165) is 10.0 Å². The number of ketones is 1. The third kappa shape index (κ3) is 2.51. The number of hydrogen-bond donors (Lipinski definition) is 1. The van der Waals surface area contributed by atoms with E-state index in [0.29, 0.717) is 11.1 Å². The number of halogens is 1. The quantitative estimate of drug-likeness (QED) is 0.864. The molecule has 0 aliphatic carbocycles. The molecule has 21 heavy (non-hydrogen) atoms. The van der Waals surface area contributed by atoms with Crippen LogP contribution >= 0.6 is 15.9 Å². The Morgan fingerprint density at radius 2 is 1.81 bits per heavy atom. The highest BCUT2D eigenvalue weighted by atomic mass is 79.9. The molecule has 0 saturated heterocycles. The third-order valence-electron chi connectivity index (χ3n) is 3.84. The van der Waals surface area contributed by atoms with Crippen LogP contribution < -0.4 is 5.32 Å². The SMILES string of the molecule is CC1(CC(=O)c2ccc(Br)cc2)NC(=O)c2ccccc21. The van der Waals surface area contributed by atoms with Crippen LogP contribution in [0.2, 0.25) is 0 Å². The third-order valence-corrected chi connectivity index (χ3v) is 4.36. The molecule has 4 heteroatoms. The number of rotatable bonds is 3. The van der Waals surface area contributed by atoms with Gasteiger partial charge in [-0.25, -0.2) is 0 Å². The zero-order chi connectivity index (χ0) is 15.0. The van der Waals surface area contributed by atoms with Crippen LogP contribution in [0, 0.1) is 0 Å². The summed E-state index contributed by atoms with van der Waals surface area (Å²) in [5, 5.41) is 2.94. The highest BCUT2D eigenvalue weighted by molar-refractivity contribution is 9.10. The fourth-order valence-corrected chi connectivity index (χ4v) is 3.01. The fourth-order valence-electron chi connectivity index (χ4n) is 2.75. The molecule has 1 unspecified atom stereocenters. The highest BCUT2D eigenvalue weighted by Gasteiger charge is 2.40. The summed E-state index contributed by atoms with van der Waals surface area (Å²) in [6.45, 7) is 1.90. The molecule has 2 aromatic carbocycles. The standard InChI is InChI=1S/C17H14BrNO2/c1-17(10-15(20)11-6-8-12(18)9-7-11)14-5-3-2-4-13(14)16(21)19-17/h2-9H,10H2,1H3,(H,19,21). The van der Waals surface area contributed by atoms with E-state index < -0.39 is 5.54 Å². The fraction of sp³-hybridized carbons (Fsp3) is 0.176. The summed E-state index contributed by atoms with van der Waals surface area (Å²) in [7, 11) is 0. The average molecular weight is 344 g/mol. The van der Waals surface area contributed by atoms with Gasteiger partial charge in [-0.1, -0.05) is 46.3 Å². The molecule has 3 nitrogen and oxygen atoms in total. The summed E-state index contributed by atoms with van der Waals surface area (Å²) in [6, 6.07) is 14.7. The van der Waals surface area contributed by atoms with Crippen LogP contribution in [0.4, 0.5) is 0 Å². The van der Waals surface area contributed by atoms with Crippen LogP contribution in [-0.4, -0.2) is 11.7 Å². The minimum atomic E-state index is -0.641. The number of benzene rings is 2. The molecule has 1 aliphatic rings. The largest absolute Gasteiger partial charge is 0.342 e. The van der Waals surface area contributed by atoms with Gasteiger partial charge in [0, 0.05) is 22.0 Å². The Hall–Kier alpha value is -1.94. The predicted octanol–water partition coefficient (Wildman–Crippen LogP) is 3.68. The summed E-state index contributed by atoms with van der Waals surface area (Å²) in [6.07, 6.45) is 0.247. The Bertz CT molecular complexity index is 724. The molecule has 0 aromatic heterocycles. The molecule has 0 bridgehead atoms. The van der Waals surface area contributed by atoms with Gasteiger partial charge in [0.1, 0.15) is 0 Å². The van der Waals surface area contributed by atoms with Gasteiger partial charge in [-0.05, 0) is 30.7 Å². The normalized spacial score (nSPS) is 20.0. The Morgan fingerprint density at radius 3 is 2.52 bits per heavy atom. The second-order valence-corrected chi connectivity index (χ2v) is 6.35. The summed E-state index contributed by atoms with van der Waals surface area (Å²) in [4.78, 5) is 24.5. The number of Topliss-reactive ketones (excluding diaryl/α,β-unsaturated/α-hetero) is 1. The number of amides is 1. The molecule has 1 amide bonds. The van der Waals surface area contributed by atoms with Crippen molar-refractivity contribution < 1.29 is 9.59 Å². The van der Waals surface area contributed by atoms with Crippen LogP contribution in [0.25, 0.3) is 0 Å². The van der Waals surface area contributed by atoms with E-state index >= 15 is 0 Å². The van der Waals surface area contributed by atoms with Gasteiger partial charge in [0.15, 0.2) is 5.78 Å². The van der Waals surface area contributed by atoms with E-state index in [-0.39, 0.29) is 18.1 Å². The van der Waals surface area contributed by atoms with Crippen molar-refractivity contribution in [1.29, 1.82) is 0 Å². The Morgan fingerprint density at radius 1 is 1.14 bits per heavy atom. The number of carbonyl (C=O) groups excluding carboxylic acids is 2. The first-order valence-electron chi connectivity index (χ1n) is 6.70. The number of hydrogen-bond acceptors (Lipinski definition) is 2. The van der Waals surface area contributed by atoms with Crippen LogP contribution in [0.3, 0.4) is 0 Å². The molecule has 3 rings (SSSR count). The van der Waals surface area contributed by atoms with E-state index in [4.69, 9.17) is 0 Å². The zero-order valence-electron chi connectivity index (χ0n) is 11.5. The topological polar surface area (TPSA) is 46.2 Å². The van der Waals surface area contributed by atoms with E-state index in [1.807, 2.05) is 37.3 Å². The minimum absolute atomic E-state index is 0.0157. The van der Waals surface area contributed by atoms with Crippen LogP contribution in [0.1, 0.15) is 39.6 Å². The first-order valence-corrected chi connectivity index (χ1v) is 7.50. The monoisotopic (exact) mass is 343 g/mol. The maximum absolute atomic E-state index is 12.5. The average Bonchev–Trinajstić information content (AvgIpc) is 2.72. The van der Waals surface area contributed by atoms with Gasteiger partial charge in [0.2, 0.25) is 0 Å². The van der Waals surface area contributed by atoms with Gasteiger partial charge in [-0.2, -0.15) is 0 Å². The van der Waals surface area contributed by atoms with E-state index in [2.05, 4.69) is 21.2 Å². The van der Waals surface area contributed by atoms with Crippen molar-refractivity contribution in [3.05, 3.63) is 69.7 Å². The van der Waals surface area contributed by atoms with Crippen molar-refractivity contribution in [3.8, 4) is 0 Å². The second kappa shape index (κ2) is 5.11. The van der Waals surface area contributed by atoms with Crippen molar-refractivity contribution in [3.63, 3.8) is 0 Å². The van der Waals surface area contributed by atoms with Crippen LogP contribution in [-0.2, 0) is 5.54 Å². The second-order valence-electron chi connectivity index (χ2n) is 5.44. The minimum Gasteiger partial charge on any atom is -0.342 e. The van der Waals surface area contributed by atoms with Gasteiger partial charge in [-0.15, -0.1) is 0 Å². The molecule has 2 aromatic rings. The molecule has 1 aliphatic heterocycles. The molecule has 0 radical (unpaired) electrons.